The van der Waals surface area contributed by atoms with Crippen LogP contribution in [0.1, 0.15) is 23.7 Å². The summed E-state index contributed by atoms with van der Waals surface area (Å²) in [5.41, 5.74) is 6.22. The van der Waals surface area contributed by atoms with Crippen LogP contribution in [0.25, 0.3) is 0 Å². The van der Waals surface area contributed by atoms with Crippen molar-refractivity contribution in [1.82, 2.24) is 0 Å². The molecule has 0 aliphatic heterocycles. The van der Waals surface area contributed by atoms with E-state index in [1.54, 1.807) is 32.4 Å². The minimum Gasteiger partial charge on any atom is -0.497 e. The zero-order chi connectivity index (χ0) is 12.1. The van der Waals surface area contributed by atoms with Gasteiger partial charge in [0, 0.05) is 11.6 Å². The lowest BCUT2D eigenvalue weighted by Crippen LogP contribution is -2.29. The molecule has 0 amide bonds. The largest absolute Gasteiger partial charge is 0.497 e. The van der Waals surface area contributed by atoms with Crippen LogP contribution in [0.4, 0.5) is 0 Å². The van der Waals surface area contributed by atoms with Crippen LogP contribution >= 0.6 is 0 Å². The molecule has 0 radical (unpaired) electrons. The number of nitrogens with two attached hydrogens (primary N) is 1. The molecular formula is C12H17NO3. The molecule has 0 aliphatic carbocycles. The number of Topliss-reactive ketones (excluding diaryl/α,β-unsaturated/α-hetero) is 1. The molecule has 4 nitrogen and oxygen atoms in total. The Morgan fingerprint density at radius 1 is 1.25 bits per heavy atom. The summed E-state index contributed by atoms with van der Waals surface area (Å²) >= 11 is 0. The van der Waals surface area contributed by atoms with Gasteiger partial charge in [-0.1, -0.05) is 6.92 Å². The topological polar surface area (TPSA) is 61.6 Å². The van der Waals surface area contributed by atoms with E-state index in [9.17, 15) is 4.79 Å². The first-order valence-electron chi connectivity index (χ1n) is 5.15. The van der Waals surface area contributed by atoms with E-state index in [0.29, 0.717) is 23.5 Å². The molecule has 16 heavy (non-hydrogen) atoms. The summed E-state index contributed by atoms with van der Waals surface area (Å²) in [6.07, 6.45) is 0.609. The lowest BCUT2D eigenvalue weighted by atomic mass is 10.0. The zero-order valence-corrected chi connectivity index (χ0v) is 9.82. The number of hydrogen-bond donors (Lipinski definition) is 1. The molecule has 2 N–H and O–H groups in total. The summed E-state index contributed by atoms with van der Waals surface area (Å²) in [6, 6.07) is 4.58. The third-order valence-electron chi connectivity index (χ3n) is 2.41. The monoisotopic (exact) mass is 223 g/mol. The van der Waals surface area contributed by atoms with Gasteiger partial charge >= 0.3 is 0 Å². The van der Waals surface area contributed by atoms with Crippen molar-refractivity contribution in [2.75, 3.05) is 14.2 Å². The molecule has 0 saturated heterocycles. The molecular weight excluding hydrogens is 206 g/mol. The Labute approximate surface area is 95.3 Å². The van der Waals surface area contributed by atoms with Gasteiger partial charge < -0.3 is 15.2 Å². The van der Waals surface area contributed by atoms with Crippen LogP contribution < -0.4 is 15.2 Å². The molecule has 0 aliphatic rings. The summed E-state index contributed by atoms with van der Waals surface area (Å²) in [5, 5.41) is 0. The van der Waals surface area contributed by atoms with Crippen molar-refractivity contribution >= 4 is 5.78 Å². The van der Waals surface area contributed by atoms with Gasteiger partial charge in [-0.05, 0) is 18.6 Å². The van der Waals surface area contributed by atoms with Gasteiger partial charge in [0.25, 0.3) is 0 Å². The van der Waals surface area contributed by atoms with Gasteiger partial charge in [0.1, 0.15) is 11.5 Å². The van der Waals surface area contributed by atoms with Gasteiger partial charge in [-0.25, -0.2) is 0 Å². The second-order valence-electron chi connectivity index (χ2n) is 3.48. The number of methoxy groups -OCH3 is 2. The molecule has 1 atom stereocenters. The van der Waals surface area contributed by atoms with Crippen LogP contribution in [0.2, 0.25) is 0 Å². The van der Waals surface area contributed by atoms with E-state index in [0.717, 1.165) is 0 Å². The second kappa shape index (κ2) is 5.51. The van der Waals surface area contributed by atoms with Crippen LogP contribution in [0.5, 0.6) is 11.5 Å². The van der Waals surface area contributed by atoms with Crippen molar-refractivity contribution in [3.63, 3.8) is 0 Å². The maximum atomic E-state index is 11.9. The van der Waals surface area contributed by atoms with Gasteiger partial charge in [0.15, 0.2) is 5.78 Å². The number of ketones is 1. The maximum absolute atomic E-state index is 11.9. The van der Waals surface area contributed by atoms with Gasteiger partial charge in [0.05, 0.1) is 20.3 Å². The third-order valence-corrected chi connectivity index (χ3v) is 2.41. The number of benzene rings is 1. The summed E-state index contributed by atoms with van der Waals surface area (Å²) in [5.74, 6) is 1.08. The molecule has 0 aromatic heterocycles. The average Bonchev–Trinajstić information content (AvgIpc) is 2.35. The Hall–Kier alpha value is -1.55. The Balaban J connectivity index is 3.07. The van der Waals surface area contributed by atoms with Gasteiger partial charge in [0.2, 0.25) is 0 Å². The van der Waals surface area contributed by atoms with E-state index < -0.39 is 6.04 Å². The molecule has 0 bridgehead atoms. The number of ether oxygens (including phenoxy) is 2. The van der Waals surface area contributed by atoms with Crippen molar-refractivity contribution in [3.8, 4) is 11.5 Å². The molecule has 1 unspecified atom stereocenters. The van der Waals surface area contributed by atoms with Crippen LogP contribution in [0.3, 0.4) is 0 Å². The highest BCUT2D eigenvalue weighted by atomic mass is 16.5. The molecule has 0 spiro atoms. The van der Waals surface area contributed by atoms with Gasteiger partial charge in [-0.15, -0.1) is 0 Å². The highest BCUT2D eigenvalue weighted by Crippen LogP contribution is 2.23. The van der Waals surface area contributed by atoms with E-state index in [1.807, 2.05) is 6.92 Å². The molecule has 4 heteroatoms. The fourth-order valence-corrected chi connectivity index (χ4v) is 1.35. The van der Waals surface area contributed by atoms with E-state index >= 15 is 0 Å². The Morgan fingerprint density at radius 2 is 1.75 bits per heavy atom. The summed E-state index contributed by atoms with van der Waals surface area (Å²) in [4.78, 5) is 11.9. The minimum atomic E-state index is -0.475. The molecule has 1 rings (SSSR count). The Kier molecular flexibility index (Phi) is 4.31. The van der Waals surface area contributed by atoms with E-state index in [2.05, 4.69) is 0 Å². The quantitative estimate of drug-likeness (QED) is 0.770. The smallest absolute Gasteiger partial charge is 0.179 e. The predicted octanol–water partition coefficient (Wildman–Crippen LogP) is 1.62. The van der Waals surface area contributed by atoms with Crippen molar-refractivity contribution in [3.05, 3.63) is 23.8 Å². The molecule has 88 valence electrons. The number of carbonyl (C=O) groups is 1. The third kappa shape index (κ3) is 2.73. The van der Waals surface area contributed by atoms with Crippen LogP contribution in [0, 0.1) is 0 Å². The molecule has 0 fully saturated rings. The van der Waals surface area contributed by atoms with E-state index in [4.69, 9.17) is 15.2 Å². The maximum Gasteiger partial charge on any atom is 0.179 e. The Bertz CT molecular complexity index is 354. The lowest BCUT2D eigenvalue weighted by molar-refractivity contribution is 0.0958. The molecule has 0 saturated carbocycles. The van der Waals surface area contributed by atoms with Crippen LogP contribution in [-0.4, -0.2) is 26.0 Å². The number of carbonyl (C=O) groups excluding carboxylic acids is 1. The SMILES string of the molecule is CCC(N)C(=O)c1cc(OC)cc(OC)c1. The Morgan fingerprint density at radius 3 is 2.12 bits per heavy atom. The van der Waals surface area contributed by atoms with Gasteiger partial charge in [-0.3, -0.25) is 4.79 Å². The van der Waals surface area contributed by atoms with Crippen molar-refractivity contribution < 1.29 is 14.3 Å². The summed E-state index contributed by atoms with van der Waals surface area (Å²) in [6.45, 7) is 1.87. The summed E-state index contributed by atoms with van der Waals surface area (Å²) < 4.78 is 10.2. The first-order chi connectivity index (χ1) is 7.62. The molecule has 0 heterocycles. The average molecular weight is 223 g/mol. The van der Waals surface area contributed by atoms with E-state index in [-0.39, 0.29) is 5.78 Å². The van der Waals surface area contributed by atoms with Gasteiger partial charge in [-0.2, -0.15) is 0 Å². The van der Waals surface area contributed by atoms with Crippen LogP contribution in [0.15, 0.2) is 18.2 Å². The van der Waals surface area contributed by atoms with Crippen molar-refractivity contribution in [1.29, 1.82) is 0 Å². The highest BCUT2D eigenvalue weighted by molar-refractivity contribution is 6.00. The molecule has 1 aromatic carbocycles. The van der Waals surface area contributed by atoms with Crippen molar-refractivity contribution in [2.24, 2.45) is 5.73 Å². The minimum absolute atomic E-state index is 0.0975. The first kappa shape index (κ1) is 12.5. The molecule has 1 aromatic rings. The standard InChI is InChI=1S/C12H17NO3/c1-4-11(13)12(14)8-5-9(15-2)7-10(6-8)16-3/h5-7,11H,4,13H2,1-3H3. The normalized spacial score (nSPS) is 12.0. The van der Waals surface area contributed by atoms with Crippen molar-refractivity contribution in [2.45, 2.75) is 19.4 Å². The second-order valence-corrected chi connectivity index (χ2v) is 3.48. The van der Waals surface area contributed by atoms with E-state index in [1.165, 1.54) is 0 Å². The predicted molar refractivity (Wildman–Crippen MR) is 62.1 cm³/mol. The van der Waals surface area contributed by atoms with Crippen LogP contribution in [-0.2, 0) is 0 Å². The number of rotatable bonds is 5. The fraction of sp³-hybridized carbons (Fsp3) is 0.417. The summed E-state index contributed by atoms with van der Waals surface area (Å²) in [7, 11) is 3.09. The first-order valence-corrected chi connectivity index (χ1v) is 5.15. The fourth-order valence-electron chi connectivity index (χ4n) is 1.35. The lowest BCUT2D eigenvalue weighted by Gasteiger charge is -2.10. The number of hydrogen-bond acceptors (Lipinski definition) is 4. The highest BCUT2D eigenvalue weighted by Gasteiger charge is 2.15. The zero-order valence-electron chi connectivity index (χ0n) is 9.82.